The Kier molecular flexibility index (Phi) is 6.51. The molecule has 0 N–H and O–H groups in total. The summed E-state index contributed by atoms with van der Waals surface area (Å²) in [5.74, 6) is 1.26. The second-order valence-corrected chi connectivity index (χ2v) is 11.0. The van der Waals surface area contributed by atoms with Gasteiger partial charge in [0.2, 0.25) is 0 Å². The Morgan fingerprint density at radius 3 is 2.35 bits per heavy atom. The number of anilines is 1. The van der Waals surface area contributed by atoms with Crippen LogP contribution in [0.2, 0.25) is 0 Å². The van der Waals surface area contributed by atoms with Gasteiger partial charge in [0, 0.05) is 12.7 Å². The second-order valence-electron chi connectivity index (χ2n) is 8.64. The molecule has 3 aromatic rings. The number of aromatic nitrogens is 2. The first kappa shape index (κ1) is 26.5. The number of hydrazine groups is 1. The van der Waals surface area contributed by atoms with Crippen molar-refractivity contribution in [1.29, 1.82) is 0 Å². The zero-order chi connectivity index (χ0) is 26.9. The first-order chi connectivity index (χ1) is 17.3. The van der Waals surface area contributed by atoms with Crippen molar-refractivity contribution in [1.82, 2.24) is 14.6 Å². The molecule has 0 fully saturated rings. The number of hydrogen-bond donors (Lipinski definition) is 0. The van der Waals surface area contributed by atoms with E-state index in [1.54, 1.807) is 18.4 Å². The standard InChI is InChI=1S/C25H28F5N5OS/c1-4-14-35-25(12-6-20-5-11-23(24(16-20)36-3)33-17-19(2)32-18-33)31-13-15-34(35)21-7-9-22(10-8-21)37(26,27,28,29)30/h5-12,16-18H,4,13-15H2,1-3H3. The fraction of sp³-hybridized carbons (Fsp3) is 0.280. The van der Waals surface area contributed by atoms with Gasteiger partial charge in [0.15, 0.2) is 0 Å². The number of halogens is 5. The van der Waals surface area contributed by atoms with E-state index in [4.69, 9.17) is 4.74 Å². The van der Waals surface area contributed by atoms with E-state index in [2.05, 4.69) is 9.98 Å². The topological polar surface area (TPSA) is 45.9 Å². The van der Waals surface area contributed by atoms with Crippen molar-refractivity contribution < 1.29 is 24.2 Å². The van der Waals surface area contributed by atoms with Crippen LogP contribution in [0.3, 0.4) is 0 Å². The summed E-state index contributed by atoms with van der Waals surface area (Å²) in [6, 6.07) is 8.75. The average Bonchev–Trinajstić information content (AvgIpc) is 3.28. The maximum Gasteiger partial charge on any atom is 0.310 e. The molecule has 200 valence electrons. The Hall–Kier alpha value is -3.54. The van der Waals surface area contributed by atoms with Crippen LogP contribution in [0.15, 0.2) is 71.0 Å². The van der Waals surface area contributed by atoms with E-state index >= 15 is 0 Å². The molecule has 1 aliphatic heterocycles. The Bertz CT molecular complexity index is 1340. The van der Waals surface area contributed by atoms with Crippen molar-refractivity contribution in [2.45, 2.75) is 25.2 Å². The third-order valence-corrected chi connectivity index (χ3v) is 6.94. The number of hydrogen-bond acceptors (Lipinski definition) is 5. The number of imidazole rings is 1. The van der Waals surface area contributed by atoms with Crippen molar-refractivity contribution in [2.75, 3.05) is 31.8 Å². The molecule has 2 aromatic carbocycles. The van der Waals surface area contributed by atoms with E-state index in [0.717, 1.165) is 35.5 Å². The van der Waals surface area contributed by atoms with Crippen molar-refractivity contribution in [3.8, 4) is 11.4 Å². The predicted octanol–water partition coefficient (Wildman–Crippen LogP) is 7.41. The quantitative estimate of drug-likeness (QED) is 0.279. The summed E-state index contributed by atoms with van der Waals surface area (Å²) >= 11 is 0. The number of nitrogens with zero attached hydrogens (tertiary/aromatic N) is 5. The molecule has 0 radical (unpaired) electrons. The van der Waals surface area contributed by atoms with E-state index in [1.165, 1.54) is 0 Å². The molecule has 4 rings (SSSR count). The highest BCUT2D eigenvalue weighted by molar-refractivity contribution is 8.45. The lowest BCUT2D eigenvalue weighted by Crippen LogP contribution is -2.50. The SMILES string of the molecule is CCCN1C(C=Cc2ccc(-n3cnc(C)c3)c(OC)c2)=NCCN1c1ccc(S(F)(F)(F)(F)F)cc1. The molecule has 0 atom stereocenters. The average molecular weight is 542 g/mol. The van der Waals surface area contributed by atoms with E-state index < -0.39 is 15.1 Å². The molecule has 6 nitrogen and oxygen atoms in total. The highest BCUT2D eigenvalue weighted by atomic mass is 32.5. The predicted molar refractivity (Wildman–Crippen MR) is 138 cm³/mol. The fourth-order valence-electron chi connectivity index (χ4n) is 4.05. The summed E-state index contributed by atoms with van der Waals surface area (Å²) in [5, 5.41) is 3.60. The van der Waals surface area contributed by atoms with E-state index in [1.807, 2.05) is 60.0 Å². The first-order valence-electron chi connectivity index (χ1n) is 11.6. The molecule has 0 saturated carbocycles. The second kappa shape index (κ2) is 9.09. The largest absolute Gasteiger partial charge is 0.495 e. The number of amidine groups is 1. The number of ether oxygens (including phenoxy) is 1. The van der Waals surface area contributed by atoms with Crippen LogP contribution >= 0.6 is 10.2 Å². The van der Waals surface area contributed by atoms with Gasteiger partial charge in [-0.3, -0.25) is 15.0 Å². The fourth-order valence-corrected chi connectivity index (χ4v) is 4.70. The molecule has 12 heteroatoms. The molecular formula is C25H28F5N5OS. The van der Waals surface area contributed by atoms with Gasteiger partial charge in [-0.25, -0.2) is 4.98 Å². The van der Waals surface area contributed by atoms with Gasteiger partial charge < -0.3 is 9.30 Å². The third-order valence-electron chi connectivity index (χ3n) is 5.78. The molecule has 1 aliphatic rings. The molecule has 1 aromatic heterocycles. The Balaban J connectivity index is 1.58. The summed E-state index contributed by atoms with van der Waals surface area (Å²) in [4.78, 5) is 6.93. The molecule has 0 spiro atoms. The zero-order valence-electron chi connectivity index (χ0n) is 20.6. The van der Waals surface area contributed by atoms with Gasteiger partial charge in [0.1, 0.15) is 16.5 Å². The van der Waals surface area contributed by atoms with Crippen LogP contribution < -0.4 is 9.75 Å². The molecular weight excluding hydrogens is 513 g/mol. The highest BCUT2D eigenvalue weighted by Crippen LogP contribution is 3.02. The minimum absolute atomic E-state index is 0.376. The van der Waals surface area contributed by atoms with Gasteiger partial charge >= 0.3 is 10.2 Å². The van der Waals surface area contributed by atoms with Crippen molar-refractivity contribution in [2.24, 2.45) is 4.99 Å². The molecule has 0 amide bonds. The lowest BCUT2D eigenvalue weighted by Gasteiger charge is -2.42. The molecule has 0 unspecified atom stereocenters. The first-order valence-corrected chi connectivity index (χ1v) is 13.5. The smallest absolute Gasteiger partial charge is 0.310 e. The summed E-state index contributed by atoms with van der Waals surface area (Å²) in [6.45, 7) is 5.20. The van der Waals surface area contributed by atoms with Crippen LogP contribution in [-0.2, 0) is 0 Å². The highest BCUT2D eigenvalue weighted by Gasteiger charge is 2.65. The maximum atomic E-state index is 13.2. The minimum atomic E-state index is -9.73. The van der Waals surface area contributed by atoms with Gasteiger partial charge in [-0.15, -0.1) is 0 Å². The lowest BCUT2D eigenvalue weighted by molar-refractivity contribution is 0.362. The molecule has 0 aliphatic carbocycles. The van der Waals surface area contributed by atoms with Crippen LogP contribution in [0.5, 0.6) is 5.75 Å². The van der Waals surface area contributed by atoms with Gasteiger partial charge in [0.25, 0.3) is 0 Å². The number of aliphatic imine (C=N–C) groups is 1. The lowest BCUT2D eigenvalue weighted by atomic mass is 10.1. The van der Waals surface area contributed by atoms with E-state index in [0.29, 0.717) is 49.0 Å². The van der Waals surface area contributed by atoms with E-state index in [9.17, 15) is 19.4 Å². The zero-order valence-corrected chi connectivity index (χ0v) is 21.4. The van der Waals surface area contributed by atoms with Crippen LogP contribution in [0.4, 0.5) is 25.1 Å². The molecule has 2 heterocycles. The monoisotopic (exact) mass is 541 g/mol. The Morgan fingerprint density at radius 2 is 1.76 bits per heavy atom. The molecule has 0 saturated heterocycles. The number of benzene rings is 2. The van der Waals surface area contributed by atoms with Crippen LogP contribution in [-0.4, -0.2) is 47.1 Å². The van der Waals surface area contributed by atoms with Gasteiger partial charge in [-0.2, -0.15) is 0 Å². The van der Waals surface area contributed by atoms with E-state index in [-0.39, 0.29) is 0 Å². The molecule has 0 bridgehead atoms. The van der Waals surface area contributed by atoms with Gasteiger partial charge in [0.05, 0.1) is 43.6 Å². The Morgan fingerprint density at radius 1 is 1.03 bits per heavy atom. The summed E-state index contributed by atoms with van der Waals surface area (Å²) in [6.07, 6.45) is 8.03. The van der Waals surface area contributed by atoms with Gasteiger partial charge in [-0.1, -0.05) is 38.5 Å². The molecule has 37 heavy (non-hydrogen) atoms. The normalized spacial score (nSPS) is 16.5. The van der Waals surface area contributed by atoms with Crippen molar-refractivity contribution in [3.05, 3.63) is 72.3 Å². The van der Waals surface area contributed by atoms with Gasteiger partial charge in [-0.05, 0) is 61.4 Å². The summed E-state index contributed by atoms with van der Waals surface area (Å²) in [7, 11) is -8.14. The van der Waals surface area contributed by atoms with Crippen molar-refractivity contribution >= 4 is 27.8 Å². The third kappa shape index (κ3) is 6.07. The summed E-state index contributed by atoms with van der Waals surface area (Å²) < 4.78 is 73.2. The summed E-state index contributed by atoms with van der Waals surface area (Å²) in [5.41, 5.74) is 2.95. The Labute approximate surface area is 212 Å². The number of methoxy groups -OCH3 is 1. The van der Waals surface area contributed by atoms with Crippen molar-refractivity contribution in [3.63, 3.8) is 0 Å². The van der Waals surface area contributed by atoms with Crippen LogP contribution in [0, 0.1) is 6.92 Å². The number of rotatable bonds is 8. The number of aryl methyl sites for hydroxylation is 1. The minimum Gasteiger partial charge on any atom is -0.495 e. The van der Waals surface area contributed by atoms with Crippen LogP contribution in [0.25, 0.3) is 11.8 Å². The maximum absolute atomic E-state index is 13.2. The van der Waals surface area contributed by atoms with Crippen LogP contribution in [0.1, 0.15) is 24.6 Å².